The highest BCUT2D eigenvalue weighted by Crippen LogP contribution is 2.18. The Morgan fingerprint density at radius 3 is 2.60 bits per heavy atom. The van der Waals surface area contributed by atoms with Gasteiger partial charge in [-0.25, -0.2) is 4.79 Å². The molecular formula is C11H15NO3. The van der Waals surface area contributed by atoms with Gasteiger partial charge in [0, 0.05) is 12.3 Å². The van der Waals surface area contributed by atoms with Crippen LogP contribution in [0.2, 0.25) is 0 Å². The second-order valence-electron chi connectivity index (χ2n) is 3.84. The van der Waals surface area contributed by atoms with Crippen LogP contribution in [-0.2, 0) is 10.3 Å². The first-order valence-corrected chi connectivity index (χ1v) is 4.85. The number of carboxylic acids is 1. The van der Waals surface area contributed by atoms with Crippen LogP contribution in [-0.4, -0.2) is 15.6 Å². The molecule has 1 atom stereocenters. The highest BCUT2D eigenvalue weighted by atomic mass is 16.4. The van der Waals surface area contributed by atoms with Crippen LogP contribution in [0.5, 0.6) is 0 Å². The van der Waals surface area contributed by atoms with Crippen molar-refractivity contribution in [3.8, 4) is 0 Å². The largest absolute Gasteiger partial charge is 0.479 e. The summed E-state index contributed by atoms with van der Waals surface area (Å²) in [6.45, 7) is 5.10. The normalized spacial score (nSPS) is 14.6. The Kier molecular flexibility index (Phi) is 2.98. The molecule has 1 aromatic rings. The third-order valence-electron chi connectivity index (χ3n) is 2.76. The van der Waals surface area contributed by atoms with Gasteiger partial charge in [0.25, 0.3) is 5.56 Å². The zero-order valence-corrected chi connectivity index (χ0v) is 9.15. The number of aliphatic carboxylic acids is 1. The maximum Gasteiger partial charge on any atom is 0.329 e. The van der Waals surface area contributed by atoms with Gasteiger partial charge in [-0.3, -0.25) is 9.36 Å². The summed E-state index contributed by atoms with van der Waals surface area (Å²) in [5.74, 6) is -0.990. The molecule has 1 rings (SSSR count). The minimum Gasteiger partial charge on any atom is -0.479 e. The minimum absolute atomic E-state index is 0.276. The number of pyridine rings is 1. The zero-order chi connectivity index (χ0) is 11.6. The molecule has 1 unspecified atom stereocenters. The minimum atomic E-state index is -1.16. The van der Waals surface area contributed by atoms with Crippen LogP contribution >= 0.6 is 0 Å². The van der Waals surface area contributed by atoms with Crippen molar-refractivity contribution in [2.75, 3.05) is 0 Å². The Labute approximate surface area is 88.2 Å². The van der Waals surface area contributed by atoms with Gasteiger partial charge in [0.05, 0.1) is 0 Å². The lowest BCUT2D eigenvalue weighted by atomic mass is 9.98. The van der Waals surface area contributed by atoms with Crippen molar-refractivity contribution in [3.63, 3.8) is 0 Å². The first-order valence-electron chi connectivity index (χ1n) is 4.85. The Morgan fingerprint density at radius 1 is 1.60 bits per heavy atom. The molecule has 4 heteroatoms. The van der Waals surface area contributed by atoms with E-state index in [1.807, 2.05) is 0 Å². The van der Waals surface area contributed by atoms with Crippen LogP contribution in [0.4, 0.5) is 0 Å². The van der Waals surface area contributed by atoms with Crippen LogP contribution in [0.15, 0.2) is 23.1 Å². The number of rotatable bonds is 3. The zero-order valence-electron chi connectivity index (χ0n) is 9.15. The molecule has 0 aromatic carbocycles. The molecule has 0 fully saturated rings. The average Bonchev–Trinajstić information content (AvgIpc) is 2.16. The predicted octanol–water partition coefficient (Wildman–Crippen LogP) is 1.37. The first-order chi connectivity index (χ1) is 6.91. The van der Waals surface area contributed by atoms with Crippen molar-refractivity contribution in [3.05, 3.63) is 34.2 Å². The van der Waals surface area contributed by atoms with Gasteiger partial charge >= 0.3 is 5.97 Å². The quantitative estimate of drug-likeness (QED) is 0.817. The number of hydrogen-bond acceptors (Lipinski definition) is 2. The van der Waals surface area contributed by atoms with E-state index in [-0.39, 0.29) is 5.56 Å². The monoisotopic (exact) mass is 209 g/mol. The van der Waals surface area contributed by atoms with Crippen LogP contribution in [0.25, 0.3) is 0 Å². The number of aryl methyl sites for hydroxylation is 1. The van der Waals surface area contributed by atoms with Crippen LogP contribution in [0.3, 0.4) is 0 Å². The molecule has 1 aromatic heterocycles. The summed E-state index contributed by atoms with van der Waals surface area (Å²) >= 11 is 0. The third kappa shape index (κ3) is 1.93. The van der Waals surface area contributed by atoms with E-state index in [4.69, 9.17) is 5.11 Å². The van der Waals surface area contributed by atoms with Gasteiger partial charge in [-0.15, -0.1) is 0 Å². The molecule has 0 spiro atoms. The Balaban J connectivity index is 3.37. The molecule has 0 aliphatic heterocycles. The third-order valence-corrected chi connectivity index (χ3v) is 2.76. The number of hydrogen-bond donors (Lipinski definition) is 1. The number of nitrogens with zero attached hydrogens (tertiary/aromatic N) is 1. The van der Waals surface area contributed by atoms with Gasteiger partial charge in [0.1, 0.15) is 5.54 Å². The SMILES string of the molecule is CCC(C)(C(=O)O)n1ccc(C)cc1=O. The van der Waals surface area contributed by atoms with E-state index in [1.165, 1.54) is 16.8 Å². The fraction of sp³-hybridized carbons (Fsp3) is 0.455. The number of carbonyl (C=O) groups is 1. The average molecular weight is 209 g/mol. The molecule has 15 heavy (non-hydrogen) atoms. The second-order valence-corrected chi connectivity index (χ2v) is 3.84. The maximum absolute atomic E-state index is 11.6. The molecule has 4 nitrogen and oxygen atoms in total. The van der Waals surface area contributed by atoms with E-state index < -0.39 is 11.5 Å². The molecular weight excluding hydrogens is 194 g/mol. The molecule has 0 radical (unpaired) electrons. The lowest BCUT2D eigenvalue weighted by Crippen LogP contribution is -2.44. The molecule has 1 N–H and O–H groups in total. The lowest BCUT2D eigenvalue weighted by Gasteiger charge is -2.25. The number of aromatic nitrogens is 1. The second kappa shape index (κ2) is 3.88. The van der Waals surface area contributed by atoms with Crippen molar-refractivity contribution < 1.29 is 9.90 Å². The molecule has 82 valence electrons. The lowest BCUT2D eigenvalue weighted by molar-refractivity contribution is -0.147. The summed E-state index contributed by atoms with van der Waals surface area (Å²) in [6, 6.07) is 3.18. The summed E-state index contributed by atoms with van der Waals surface area (Å²) in [6.07, 6.45) is 1.90. The molecule has 1 heterocycles. The highest BCUT2D eigenvalue weighted by molar-refractivity contribution is 5.76. The van der Waals surface area contributed by atoms with Crippen LogP contribution < -0.4 is 5.56 Å². The van der Waals surface area contributed by atoms with E-state index in [1.54, 1.807) is 26.8 Å². The van der Waals surface area contributed by atoms with Gasteiger partial charge in [-0.2, -0.15) is 0 Å². The van der Waals surface area contributed by atoms with E-state index in [0.717, 1.165) is 5.56 Å². The smallest absolute Gasteiger partial charge is 0.329 e. The van der Waals surface area contributed by atoms with E-state index in [0.29, 0.717) is 6.42 Å². The van der Waals surface area contributed by atoms with Crippen molar-refractivity contribution >= 4 is 5.97 Å². The molecule has 0 saturated carbocycles. The highest BCUT2D eigenvalue weighted by Gasteiger charge is 2.33. The molecule has 0 aliphatic rings. The van der Waals surface area contributed by atoms with Crippen molar-refractivity contribution in [2.45, 2.75) is 32.7 Å². The van der Waals surface area contributed by atoms with E-state index in [9.17, 15) is 9.59 Å². The summed E-state index contributed by atoms with van der Waals surface area (Å²) in [4.78, 5) is 22.8. The van der Waals surface area contributed by atoms with E-state index >= 15 is 0 Å². The Hall–Kier alpha value is -1.58. The van der Waals surface area contributed by atoms with Gasteiger partial charge in [0.2, 0.25) is 0 Å². The van der Waals surface area contributed by atoms with Crippen molar-refractivity contribution in [1.29, 1.82) is 0 Å². The topological polar surface area (TPSA) is 59.3 Å². The molecule has 0 bridgehead atoms. The maximum atomic E-state index is 11.6. The summed E-state index contributed by atoms with van der Waals surface area (Å²) in [5, 5.41) is 9.12. The van der Waals surface area contributed by atoms with Gasteiger partial charge in [-0.05, 0) is 31.9 Å². The Bertz CT molecular complexity index is 436. The molecule has 0 amide bonds. The van der Waals surface area contributed by atoms with Gasteiger partial charge in [0.15, 0.2) is 0 Å². The fourth-order valence-corrected chi connectivity index (χ4v) is 1.41. The fourth-order valence-electron chi connectivity index (χ4n) is 1.41. The van der Waals surface area contributed by atoms with Crippen LogP contribution in [0, 0.1) is 6.92 Å². The molecule has 0 saturated heterocycles. The summed E-state index contributed by atoms with van der Waals surface area (Å²) in [5.41, 5.74) is -0.605. The summed E-state index contributed by atoms with van der Waals surface area (Å²) < 4.78 is 1.27. The Morgan fingerprint density at radius 2 is 2.20 bits per heavy atom. The van der Waals surface area contributed by atoms with Crippen molar-refractivity contribution in [1.82, 2.24) is 4.57 Å². The van der Waals surface area contributed by atoms with E-state index in [2.05, 4.69) is 0 Å². The van der Waals surface area contributed by atoms with Crippen molar-refractivity contribution in [2.24, 2.45) is 0 Å². The summed E-state index contributed by atoms with van der Waals surface area (Å²) in [7, 11) is 0. The van der Waals surface area contributed by atoms with Crippen LogP contribution in [0.1, 0.15) is 25.8 Å². The van der Waals surface area contributed by atoms with Gasteiger partial charge in [-0.1, -0.05) is 6.92 Å². The number of carboxylic acid groups (broad SMARTS) is 1. The predicted molar refractivity (Wildman–Crippen MR) is 57.0 cm³/mol. The molecule has 0 aliphatic carbocycles. The first kappa shape index (κ1) is 11.5. The van der Waals surface area contributed by atoms with Gasteiger partial charge < -0.3 is 5.11 Å². The standard InChI is InChI=1S/C11H15NO3/c1-4-11(3,10(14)15)12-6-5-8(2)7-9(12)13/h5-7H,4H2,1-3H3,(H,14,15).